The number of ether oxygens (including phenoxy) is 1. The van der Waals surface area contributed by atoms with Gasteiger partial charge in [0.15, 0.2) is 0 Å². The Balaban J connectivity index is 2.48. The van der Waals surface area contributed by atoms with Crippen molar-refractivity contribution in [2.24, 2.45) is 0 Å². The summed E-state index contributed by atoms with van der Waals surface area (Å²) in [5.41, 5.74) is 0. The summed E-state index contributed by atoms with van der Waals surface area (Å²) in [5.74, 6) is 0. The van der Waals surface area contributed by atoms with Crippen molar-refractivity contribution in [3.05, 3.63) is 0 Å². The summed E-state index contributed by atoms with van der Waals surface area (Å²) >= 11 is 0. The van der Waals surface area contributed by atoms with Crippen LogP contribution in [0, 0.1) is 0 Å². The van der Waals surface area contributed by atoms with Gasteiger partial charge in [-0.1, -0.05) is 35.4 Å². The maximum atomic E-state index is 5.48. The number of methoxy groups -OCH3 is 1. The molecule has 0 saturated carbocycles. The molecular formula is C8H16OS2. The van der Waals surface area contributed by atoms with Gasteiger partial charge in [-0.3, -0.25) is 0 Å². The summed E-state index contributed by atoms with van der Waals surface area (Å²) in [6, 6.07) is 0. The maximum Gasteiger partial charge on any atom is 0.0824 e. The molecule has 2 atom stereocenters. The van der Waals surface area contributed by atoms with Crippen molar-refractivity contribution in [1.82, 2.24) is 0 Å². The van der Waals surface area contributed by atoms with Gasteiger partial charge >= 0.3 is 0 Å². The Morgan fingerprint density at radius 3 is 1.82 bits per heavy atom. The summed E-state index contributed by atoms with van der Waals surface area (Å²) in [5, 5.41) is 1.44. The summed E-state index contributed by atoms with van der Waals surface area (Å²) in [4.78, 5) is 0. The number of rotatable bonds is 3. The Hall–Kier alpha value is 0.660. The Labute approximate surface area is 77.0 Å². The van der Waals surface area contributed by atoms with Crippen LogP contribution in [-0.2, 0) is 4.74 Å². The van der Waals surface area contributed by atoms with Gasteiger partial charge in [0, 0.05) is 17.6 Å². The molecule has 0 amide bonds. The van der Waals surface area contributed by atoms with Crippen LogP contribution in [0.5, 0.6) is 0 Å². The summed E-state index contributed by atoms with van der Waals surface area (Å²) in [7, 11) is 5.83. The van der Waals surface area contributed by atoms with Crippen molar-refractivity contribution in [3.63, 3.8) is 0 Å². The second-order valence-electron chi connectivity index (χ2n) is 2.79. The second kappa shape index (κ2) is 4.63. The van der Waals surface area contributed by atoms with Crippen LogP contribution in [0.2, 0.25) is 0 Å². The molecule has 1 nitrogen and oxygen atoms in total. The Bertz CT molecular complexity index is 107. The molecule has 1 saturated heterocycles. The van der Waals surface area contributed by atoms with E-state index in [9.17, 15) is 0 Å². The first-order valence-corrected chi connectivity index (χ1v) is 6.46. The van der Waals surface area contributed by atoms with E-state index < -0.39 is 0 Å². The van der Waals surface area contributed by atoms with E-state index in [-0.39, 0.29) is 0 Å². The predicted octanol–water partition coefficient (Wildman–Crippen LogP) is 2.95. The monoisotopic (exact) mass is 192 g/mol. The van der Waals surface area contributed by atoms with Gasteiger partial charge < -0.3 is 4.74 Å². The van der Waals surface area contributed by atoms with Crippen LogP contribution in [0.25, 0.3) is 0 Å². The maximum absolute atomic E-state index is 5.48. The Kier molecular flexibility index (Phi) is 4.10. The molecule has 0 radical (unpaired) electrons. The predicted molar refractivity (Wildman–Crippen MR) is 54.1 cm³/mol. The zero-order valence-electron chi connectivity index (χ0n) is 7.37. The van der Waals surface area contributed by atoms with Gasteiger partial charge in [0.2, 0.25) is 0 Å². The molecule has 2 unspecified atom stereocenters. The first kappa shape index (κ1) is 9.75. The van der Waals surface area contributed by atoms with E-state index in [0.29, 0.717) is 6.10 Å². The smallest absolute Gasteiger partial charge is 0.0824 e. The third kappa shape index (κ3) is 2.07. The zero-order valence-corrected chi connectivity index (χ0v) is 9.00. The Morgan fingerprint density at radius 1 is 1.09 bits per heavy atom. The largest absolute Gasteiger partial charge is 0.379 e. The van der Waals surface area contributed by atoms with Crippen molar-refractivity contribution in [2.75, 3.05) is 7.11 Å². The molecule has 0 aromatic carbocycles. The molecule has 1 rings (SSSR count). The molecule has 66 valence electrons. The second-order valence-corrected chi connectivity index (χ2v) is 5.54. The lowest BCUT2D eigenvalue weighted by atomic mass is 10.1. The third-order valence-corrected chi connectivity index (χ3v) is 5.74. The molecule has 11 heavy (non-hydrogen) atoms. The molecule has 0 aliphatic carbocycles. The minimum Gasteiger partial charge on any atom is -0.379 e. The van der Waals surface area contributed by atoms with Crippen LogP contribution in [-0.4, -0.2) is 23.7 Å². The highest BCUT2D eigenvalue weighted by Crippen LogP contribution is 2.47. The van der Waals surface area contributed by atoms with E-state index in [1.54, 1.807) is 0 Å². The van der Waals surface area contributed by atoms with Gasteiger partial charge in [-0.05, 0) is 12.8 Å². The van der Waals surface area contributed by atoms with Gasteiger partial charge in [-0.25, -0.2) is 0 Å². The molecule has 0 aromatic rings. The average molecular weight is 192 g/mol. The molecule has 0 aromatic heterocycles. The van der Waals surface area contributed by atoms with E-state index in [2.05, 4.69) is 13.8 Å². The molecule has 1 fully saturated rings. The summed E-state index contributed by atoms with van der Waals surface area (Å²) < 4.78 is 5.48. The van der Waals surface area contributed by atoms with Crippen LogP contribution in [0.4, 0.5) is 0 Å². The van der Waals surface area contributed by atoms with Crippen LogP contribution in [0.15, 0.2) is 0 Å². The standard InChI is InChI=1S/C8H16OS2/c1-4-6-8(9-3)7(5-2)11-10-6/h6-8H,4-5H2,1-3H3. The van der Waals surface area contributed by atoms with Crippen molar-refractivity contribution >= 4 is 21.6 Å². The first-order chi connectivity index (χ1) is 5.33. The highest BCUT2D eigenvalue weighted by Gasteiger charge is 2.35. The van der Waals surface area contributed by atoms with Crippen molar-refractivity contribution < 1.29 is 4.74 Å². The SMILES string of the molecule is CCC1SSC(CC)C1OC. The van der Waals surface area contributed by atoms with Crippen molar-refractivity contribution in [2.45, 2.75) is 43.3 Å². The summed E-state index contributed by atoms with van der Waals surface area (Å²) in [6.45, 7) is 4.48. The quantitative estimate of drug-likeness (QED) is 0.636. The fourth-order valence-electron chi connectivity index (χ4n) is 1.40. The van der Waals surface area contributed by atoms with Gasteiger partial charge in [-0.15, -0.1) is 0 Å². The lowest BCUT2D eigenvalue weighted by molar-refractivity contribution is 0.0990. The topological polar surface area (TPSA) is 9.23 Å². The highest BCUT2D eigenvalue weighted by molar-refractivity contribution is 8.77. The van der Waals surface area contributed by atoms with Crippen LogP contribution >= 0.6 is 21.6 Å². The Morgan fingerprint density at radius 2 is 1.55 bits per heavy atom. The number of hydrogen-bond acceptors (Lipinski definition) is 3. The minimum atomic E-state index is 0.486. The molecule has 0 spiro atoms. The van der Waals surface area contributed by atoms with E-state index >= 15 is 0 Å². The van der Waals surface area contributed by atoms with Gasteiger partial charge in [0.05, 0.1) is 6.10 Å². The van der Waals surface area contributed by atoms with Gasteiger partial charge in [0.1, 0.15) is 0 Å². The molecule has 0 N–H and O–H groups in total. The molecule has 3 heteroatoms. The number of hydrogen-bond donors (Lipinski definition) is 0. The minimum absolute atomic E-state index is 0.486. The van der Waals surface area contributed by atoms with Gasteiger partial charge in [0.25, 0.3) is 0 Å². The van der Waals surface area contributed by atoms with E-state index in [1.807, 2.05) is 28.7 Å². The zero-order chi connectivity index (χ0) is 8.27. The van der Waals surface area contributed by atoms with E-state index in [1.165, 1.54) is 12.8 Å². The molecule has 0 bridgehead atoms. The third-order valence-electron chi connectivity index (χ3n) is 2.11. The highest BCUT2D eigenvalue weighted by atomic mass is 33.1. The van der Waals surface area contributed by atoms with Crippen LogP contribution < -0.4 is 0 Å². The van der Waals surface area contributed by atoms with Gasteiger partial charge in [-0.2, -0.15) is 0 Å². The van der Waals surface area contributed by atoms with Crippen molar-refractivity contribution in [1.29, 1.82) is 0 Å². The van der Waals surface area contributed by atoms with E-state index in [4.69, 9.17) is 4.74 Å². The van der Waals surface area contributed by atoms with Crippen LogP contribution in [0.3, 0.4) is 0 Å². The lowest BCUT2D eigenvalue weighted by Gasteiger charge is -2.18. The summed E-state index contributed by atoms with van der Waals surface area (Å²) in [6.07, 6.45) is 2.94. The fraction of sp³-hybridized carbons (Fsp3) is 1.00. The molecule has 1 heterocycles. The fourth-order valence-corrected chi connectivity index (χ4v) is 5.20. The normalized spacial score (nSPS) is 37.9. The molecule has 1 aliphatic heterocycles. The first-order valence-electron chi connectivity index (χ1n) is 4.18. The van der Waals surface area contributed by atoms with E-state index in [0.717, 1.165) is 10.5 Å². The molecular weight excluding hydrogens is 176 g/mol. The van der Waals surface area contributed by atoms with Crippen molar-refractivity contribution in [3.8, 4) is 0 Å². The average Bonchev–Trinajstić information content (AvgIpc) is 2.45. The van der Waals surface area contributed by atoms with Crippen LogP contribution in [0.1, 0.15) is 26.7 Å². The lowest BCUT2D eigenvalue weighted by Crippen LogP contribution is -2.28. The molecule has 1 aliphatic rings.